The number of carbonyl (C=O) groups is 2. The summed E-state index contributed by atoms with van der Waals surface area (Å²) < 4.78 is 1.68. The molecule has 2 amide bonds. The van der Waals surface area contributed by atoms with Gasteiger partial charge in [0.2, 0.25) is 0 Å². The summed E-state index contributed by atoms with van der Waals surface area (Å²) in [5.41, 5.74) is 10.1. The first kappa shape index (κ1) is 23.2. The topological polar surface area (TPSA) is 102 Å². The highest BCUT2D eigenvalue weighted by Gasteiger charge is 2.14. The third-order valence-electron chi connectivity index (χ3n) is 4.96. The SMILES string of the molecule is Cc1cc(C)nc(SCc2ccc(C(=O)NNC(=O)c3cc(C)n(-c4ccccc4)n3)cc2)n1. The van der Waals surface area contributed by atoms with E-state index in [-0.39, 0.29) is 5.69 Å². The molecule has 9 heteroatoms. The third-order valence-corrected chi connectivity index (χ3v) is 5.87. The summed E-state index contributed by atoms with van der Waals surface area (Å²) in [6, 6.07) is 20.3. The van der Waals surface area contributed by atoms with Crippen LogP contribution in [0.2, 0.25) is 0 Å². The fourth-order valence-corrected chi connectivity index (χ4v) is 4.23. The molecule has 0 fully saturated rings. The van der Waals surface area contributed by atoms with Crippen LogP contribution in [0.1, 0.15) is 43.5 Å². The van der Waals surface area contributed by atoms with Gasteiger partial charge in [0.1, 0.15) is 0 Å². The minimum absolute atomic E-state index is 0.211. The van der Waals surface area contributed by atoms with E-state index in [9.17, 15) is 9.59 Å². The largest absolute Gasteiger partial charge is 0.290 e. The van der Waals surface area contributed by atoms with Crippen LogP contribution in [0.3, 0.4) is 0 Å². The lowest BCUT2D eigenvalue weighted by Gasteiger charge is -2.07. The van der Waals surface area contributed by atoms with E-state index in [1.807, 2.05) is 69.3 Å². The lowest BCUT2D eigenvalue weighted by atomic mass is 10.1. The molecular formula is C25H24N6O2S. The highest BCUT2D eigenvalue weighted by atomic mass is 32.2. The van der Waals surface area contributed by atoms with Gasteiger partial charge in [-0.05, 0) is 62.7 Å². The van der Waals surface area contributed by atoms with Crippen molar-refractivity contribution in [3.63, 3.8) is 0 Å². The Bertz CT molecular complexity index is 1300. The van der Waals surface area contributed by atoms with Crippen molar-refractivity contribution >= 4 is 23.6 Å². The Labute approximate surface area is 201 Å². The first-order chi connectivity index (χ1) is 16.4. The highest BCUT2D eigenvalue weighted by molar-refractivity contribution is 7.98. The van der Waals surface area contributed by atoms with Gasteiger partial charge in [-0.1, -0.05) is 42.1 Å². The Kier molecular flexibility index (Phi) is 7.03. The van der Waals surface area contributed by atoms with Crippen molar-refractivity contribution in [3.8, 4) is 5.69 Å². The van der Waals surface area contributed by atoms with Crippen LogP contribution in [-0.2, 0) is 5.75 Å². The molecule has 34 heavy (non-hydrogen) atoms. The minimum atomic E-state index is -0.493. The molecule has 0 aliphatic heterocycles. The average molecular weight is 473 g/mol. The number of nitrogens with zero attached hydrogens (tertiary/aromatic N) is 4. The number of hydrogen-bond donors (Lipinski definition) is 2. The monoisotopic (exact) mass is 472 g/mol. The number of hydrogen-bond acceptors (Lipinski definition) is 6. The Balaban J connectivity index is 1.32. The summed E-state index contributed by atoms with van der Waals surface area (Å²) in [7, 11) is 0. The van der Waals surface area contributed by atoms with Gasteiger partial charge in [-0.25, -0.2) is 14.6 Å². The Morgan fingerprint density at radius 2 is 1.50 bits per heavy atom. The van der Waals surface area contributed by atoms with Crippen LogP contribution >= 0.6 is 11.8 Å². The van der Waals surface area contributed by atoms with Gasteiger partial charge in [0.05, 0.1) is 5.69 Å². The van der Waals surface area contributed by atoms with E-state index in [0.717, 1.165) is 33.5 Å². The maximum Gasteiger partial charge on any atom is 0.290 e. The predicted octanol–water partition coefficient (Wildman–Crippen LogP) is 3.95. The molecule has 0 saturated heterocycles. The van der Waals surface area contributed by atoms with Crippen LogP contribution in [0.25, 0.3) is 5.69 Å². The second-order valence-corrected chi connectivity index (χ2v) is 8.69. The van der Waals surface area contributed by atoms with Crippen molar-refractivity contribution in [2.24, 2.45) is 0 Å². The van der Waals surface area contributed by atoms with Crippen molar-refractivity contribution < 1.29 is 9.59 Å². The van der Waals surface area contributed by atoms with Gasteiger partial charge in [0.25, 0.3) is 11.8 Å². The predicted molar refractivity (Wildman–Crippen MR) is 131 cm³/mol. The zero-order valence-electron chi connectivity index (χ0n) is 19.1. The van der Waals surface area contributed by atoms with Crippen molar-refractivity contribution in [3.05, 3.63) is 101 Å². The normalized spacial score (nSPS) is 10.7. The summed E-state index contributed by atoms with van der Waals surface area (Å²) in [4.78, 5) is 33.8. The molecular weight excluding hydrogens is 448 g/mol. The second-order valence-electron chi connectivity index (χ2n) is 7.75. The molecule has 0 radical (unpaired) electrons. The second kappa shape index (κ2) is 10.3. The lowest BCUT2D eigenvalue weighted by Crippen LogP contribution is -2.41. The number of hydrazine groups is 1. The molecule has 4 rings (SSSR count). The van der Waals surface area contributed by atoms with E-state index in [1.165, 1.54) is 0 Å². The van der Waals surface area contributed by atoms with E-state index >= 15 is 0 Å². The van der Waals surface area contributed by atoms with Crippen LogP contribution in [0.5, 0.6) is 0 Å². The molecule has 0 unspecified atom stereocenters. The number of thioether (sulfide) groups is 1. The molecule has 2 heterocycles. The molecule has 2 aromatic heterocycles. The molecule has 2 N–H and O–H groups in total. The Morgan fingerprint density at radius 1 is 0.853 bits per heavy atom. The van der Waals surface area contributed by atoms with E-state index < -0.39 is 11.8 Å². The minimum Gasteiger partial charge on any atom is -0.267 e. The van der Waals surface area contributed by atoms with E-state index in [0.29, 0.717) is 11.3 Å². The first-order valence-electron chi connectivity index (χ1n) is 10.7. The molecule has 0 spiro atoms. The molecule has 8 nitrogen and oxygen atoms in total. The molecule has 0 saturated carbocycles. The van der Waals surface area contributed by atoms with Crippen LogP contribution in [0.15, 0.2) is 71.9 Å². The van der Waals surface area contributed by atoms with Crippen LogP contribution in [0, 0.1) is 20.8 Å². The van der Waals surface area contributed by atoms with E-state index in [4.69, 9.17) is 0 Å². The van der Waals surface area contributed by atoms with Crippen LogP contribution in [-0.4, -0.2) is 31.6 Å². The maximum absolute atomic E-state index is 12.5. The fraction of sp³-hybridized carbons (Fsp3) is 0.160. The Morgan fingerprint density at radius 3 is 2.18 bits per heavy atom. The van der Waals surface area contributed by atoms with Gasteiger partial charge in [0, 0.05) is 28.4 Å². The standard InChI is InChI=1S/C25H24N6O2S/c1-16-13-17(2)27-25(26-16)34-15-19-9-11-20(12-10-19)23(32)28-29-24(33)22-14-18(3)31(30-22)21-7-5-4-6-8-21/h4-14H,15H2,1-3H3,(H,28,32)(H,29,33). The van der Waals surface area contributed by atoms with Gasteiger partial charge in [-0.2, -0.15) is 5.10 Å². The Hall–Kier alpha value is -3.98. The van der Waals surface area contributed by atoms with Gasteiger partial charge in [-0.3, -0.25) is 20.4 Å². The van der Waals surface area contributed by atoms with Crippen molar-refractivity contribution in [2.75, 3.05) is 0 Å². The van der Waals surface area contributed by atoms with Crippen molar-refractivity contribution in [1.82, 2.24) is 30.6 Å². The molecule has 4 aromatic rings. The fourth-order valence-electron chi connectivity index (χ4n) is 3.32. The average Bonchev–Trinajstić information content (AvgIpc) is 3.23. The summed E-state index contributed by atoms with van der Waals surface area (Å²) in [5, 5.41) is 5.07. The number of amides is 2. The van der Waals surface area contributed by atoms with Gasteiger partial charge in [0.15, 0.2) is 10.9 Å². The summed E-state index contributed by atoms with van der Waals surface area (Å²) >= 11 is 1.54. The zero-order chi connectivity index (χ0) is 24.1. The quantitative estimate of drug-likeness (QED) is 0.250. The van der Waals surface area contributed by atoms with Gasteiger partial charge < -0.3 is 0 Å². The number of carbonyl (C=O) groups excluding carboxylic acids is 2. The number of para-hydroxylation sites is 1. The molecule has 0 bridgehead atoms. The molecule has 0 aliphatic carbocycles. The first-order valence-corrected chi connectivity index (χ1v) is 11.6. The smallest absolute Gasteiger partial charge is 0.267 e. The van der Waals surface area contributed by atoms with Gasteiger partial charge >= 0.3 is 0 Å². The molecule has 0 aliphatic rings. The van der Waals surface area contributed by atoms with Crippen molar-refractivity contribution in [2.45, 2.75) is 31.7 Å². The lowest BCUT2D eigenvalue weighted by molar-refractivity contribution is 0.0843. The zero-order valence-corrected chi connectivity index (χ0v) is 19.9. The number of aromatic nitrogens is 4. The molecule has 2 aromatic carbocycles. The van der Waals surface area contributed by atoms with Crippen molar-refractivity contribution in [1.29, 1.82) is 0 Å². The number of nitrogens with one attached hydrogen (secondary N) is 2. The van der Waals surface area contributed by atoms with E-state index in [2.05, 4.69) is 25.9 Å². The number of rotatable bonds is 6. The number of aryl methyl sites for hydroxylation is 3. The summed E-state index contributed by atoms with van der Waals surface area (Å²) in [5.74, 6) is -0.220. The highest BCUT2D eigenvalue weighted by Crippen LogP contribution is 2.20. The summed E-state index contributed by atoms with van der Waals surface area (Å²) in [6.07, 6.45) is 0. The number of benzene rings is 2. The molecule has 172 valence electrons. The van der Waals surface area contributed by atoms with Crippen LogP contribution in [0.4, 0.5) is 0 Å². The van der Waals surface area contributed by atoms with Gasteiger partial charge in [-0.15, -0.1) is 0 Å². The third kappa shape index (κ3) is 5.68. The molecule has 0 atom stereocenters. The summed E-state index contributed by atoms with van der Waals surface area (Å²) in [6.45, 7) is 5.75. The van der Waals surface area contributed by atoms with Crippen LogP contribution < -0.4 is 10.9 Å². The maximum atomic E-state index is 12.5. The van der Waals surface area contributed by atoms with E-state index in [1.54, 1.807) is 34.6 Å².